The normalized spacial score (nSPS) is 11.4. The average Bonchev–Trinajstić information content (AvgIpc) is 2.16. The molecule has 1 aromatic carbocycles. The second-order valence-electron chi connectivity index (χ2n) is 3.24. The van der Waals surface area contributed by atoms with Gasteiger partial charge in [0.1, 0.15) is 0 Å². The fraction of sp³-hybridized carbons (Fsp3) is 0.250. The predicted octanol–water partition coefficient (Wildman–Crippen LogP) is 2.87. The lowest BCUT2D eigenvalue weighted by Gasteiger charge is -1.99. The van der Waals surface area contributed by atoms with Crippen molar-refractivity contribution in [3.63, 3.8) is 0 Å². The minimum atomic E-state index is -0.840. The highest BCUT2D eigenvalue weighted by Gasteiger charge is 2.03. The van der Waals surface area contributed by atoms with Crippen LogP contribution in [0.5, 0.6) is 0 Å². The number of benzene rings is 1. The first-order chi connectivity index (χ1) is 6.63. The molecule has 0 bridgehead atoms. The van der Waals surface area contributed by atoms with Gasteiger partial charge in [0.05, 0.1) is 0 Å². The van der Waals surface area contributed by atoms with E-state index in [1.54, 1.807) is 6.08 Å². The van der Waals surface area contributed by atoms with Crippen LogP contribution in [0.1, 0.15) is 24.5 Å². The molecular formula is C12H14O2. The van der Waals surface area contributed by atoms with Crippen molar-refractivity contribution in [3.8, 4) is 0 Å². The Morgan fingerprint density at radius 1 is 1.36 bits per heavy atom. The smallest absolute Gasteiger partial charge is 0.331 e. The average molecular weight is 190 g/mol. The molecule has 0 amide bonds. The molecule has 1 rings (SSSR count). The van der Waals surface area contributed by atoms with Gasteiger partial charge < -0.3 is 5.11 Å². The van der Waals surface area contributed by atoms with E-state index in [4.69, 9.17) is 5.11 Å². The summed E-state index contributed by atoms with van der Waals surface area (Å²) in [6, 6.07) is 7.80. The maximum atomic E-state index is 10.7. The summed E-state index contributed by atoms with van der Waals surface area (Å²) < 4.78 is 0. The Morgan fingerprint density at radius 3 is 2.36 bits per heavy atom. The maximum absolute atomic E-state index is 10.7. The van der Waals surface area contributed by atoms with Gasteiger partial charge in [0.2, 0.25) is 0 Å². The van der Waals surface area contributed by atoms with Gasteiger partial charge in [-0.15, -0.1) is 0 Å². The molecule has 0 fully saturated rings. The fourth-order valence-electron chi connectivity index (χ4n) is 1.18. The Hall–Kier alpha value is -1.57. The van der Waals surface area contributed by atoms with Gasteiger partial charge in [0.25, 0.3) is 0 Å². The van der Waals surface area contributed by atoms with Crippen molar-refractivity contribution >= 4 is 12.0 Å². The molecule has 0 aliphatic heterocycles. The molecule has 0 saturated carbocycles. The number of aryl methyl sites for hydroxylation is 1. The highest BCUT2D eigenvalue weighted by atomic mass is 16.4. The second kappa shape index (κ2) is 4.61. The third-order valence-electron chi connectivity index (χ3n) is 2.07. The molecule has 14 heavy (non-hydrogen) atoms. The minimum absolute atomic E-state index is 0.439. The first kappa shape index (κ1) is 10.5. The quantitative estimate of drug-likeness (QED) is 0.744. The maximum Gasteiger partial charge on any atom is 0.331 e. The molecule has 0 spiro atoms. The Labute approximate surface area is 83.9 Å². The molecule has 0 aliphatic rings. The summed E-state index contributed by atoms with van der Waals surface area (Å²) >= 11 is 0. The van der Waals surface area contributed by atoms with Gasteiger partial charge in [-0.2, -0.15) is 0 Å². The fourth-order valence-corrected chi connectivity index (χ4v) is 1.18. The second-order valence-corrected chi connectivity index (χ2v) is 3.24. The van der Waals surface area contributed by atoms with Gasteiger partial charge in [0.15, 0.2) is 0 Å². The number of carbonyl (C=O) groups is 1. The lowest BCUT2D eigenvalue weighted by Crippen LogP contribution is -1.98. The zero-order chi connectivity index (χ0) is 10.6. The van der Waals surface area contributed by atoms with Gasteiger partial charge in [0, 0.05) is 5.57 Å². The highest BCUT2D eigenvalue weighted by molar-refractivity contribution is 5.92. The van der Waals surface area contributed by atoms with Crippen LogP contribution in [0.2, 0.25) is 0 Å². The molecule has 0 radical (unpaired) electrons. The molecule has 0 aromatic heterocycles. The van der Waals surface area contributed by atoms with Crippen LogP contribution in [-0.4, -0.2) is 11.1 Å². The molecule has 74 valence electrons. The topological polar surface area (TPSA) is 37.3 Å². The molecule has 2 nitrogen and oxygen atoms in total. The van der Waals surface area contributed by atoms with Crippen LogP contribution in [0.15, 0.2) is 29.8 Å². The first-order valence-electron chi connectivity index (χ1n) is 4.64. The van der Waals surface area contributed by atoms with Crippen LogP contribution in [0.3, 0.4) is 0 Å². The van der Waals surface area contributed by atoms with Crippen LogP contribution >= 0.6 is 0 Å². The van der Waals surface area contributed by atoms with Crippen molar-refractivity contribution in [1.82, 2.24) is 0 Å². The number of hydrogen-bond acceptors (Lipinski definition) is 1. The van der Waals surface area contributed by atoms with Crippen molar-refractivity contribution in [2.45, 2.75) is 20.3 Å². The third-order valence-corrected chi connectivity index (χ3v) is 2.07. The van der Waals surface area contributed by atoms with Crippen LogP contribution < -0.4 is 0 Å². The molecule has 1 aromatic rings. The van der Waals surface area contributed by atoms with E-state index < -0.39 is 5.97 Å². The SMILES string of the molecule is CC/C(=C/c1ccc(C)cc1)C(=O)O. The van der Waals surface area contributed by atoms with E-state index in [9.17, 15) is 4.79 Å². The van der Waals surface area contributed by atoms with Crippen molar-refractivity contribution in [2.75, 3.05) is 0 Å². The van der Waals surface area contributed by atoms with Crippen molar-refractivity contribution in [2.24, 2.45) is 0 Å². The van der Waals surface area contributed by atoms with E-state index in [1.807, 2.05) is 38.1 Å². The monoisotopic (exact) mass is 190 g/mol. The van der Waals surface area contributed by atoms with Crippen molar-refractivity contribution in [1.29, 1.82) is 0 Å². The third kappa shape index (κ3) is 2.73. The van der Waals surface area contributed by atoms with E-state index in [0.717, 1.165) is 5.56 Å². The van der Waals surface area contributed by atoms with Crippen LogP contribution in [0.25, 0.3) is 6.08 Å². The van der Waals surface area contributed by atoms with E-state index >= 15 is 0 Å². The number of rotatable bonds is 3. The summed E-state index contributed by atoms with van der Waals surface area (Å²) in [5.74, 6) is -0.840. The summed E-state index contributed by atoms with van der Waals surface area (Å²) in [5.41, 5.74) is 2.55. The van der Waals surface area contributed by atoms with Gasteiger partial charge in [-0.3, -0.25) is 0 Å². The lowest BCUT2D eigenvalue weighted by atomic mass is 10.1. The summed E-state index contributed by atoms with van der Waals surface area (Å²) in [5, 5.41) is 8.82. The van der Waals surface area contributed by atoms with E-state index in [0.29, 0.717) is 12.0 Å². The van der Waals surface area contributed by atoms with E-state index in [2.05, 4.69) is 0 Å². The molecule has 2 heteroatoms. The van der Waals surface area contributed by atoms with Gasteiger partial charge in [-0.1, -0.05) is 36.8 Å². The molecule has 0 heterocycles. The summed E-state index contributed by atoms with van der Waals surface area (Å²) in [6.07, 6.45) is 2.25. The molecule has 0 unspecified atom stereocenters. The van der Waals surface area contributed by atoms with Crippen molar-refractivity contribution in [3.05, 3.63) is 41.0 Å². The zero-order valence-corrected chi connectivity index (χ0v) is 8.45. The molecule has 0 saturated heterocycles. The molecular weight excluding hydrogens is 176 g/mol. The zero-order valence-electron chi connectivity index (χ0n) is 8.45. The summed E-state index contributed by atoms with van der Waals surface area (Å²) in [7, 11) is 0. The number of aliphatic carboxylic acids is 1. The molecule has 0 aliphatic carbocycles. The number of hydrogen-bond donors (Lipinski definition) is 1. The minimum Gasteiger partial charge on any atom is -0.478 e. The molecule has 1 N–H and O–H groups in total. The number of carboxylic acid groups (broad SMARTS) is 1. The first-order valence-corrected chi connectivity index (χ1v) is 4.64. The van der Waals surface area contributed by atoms with Crippen LogP contribution in [-0.2, 0) is 4.79 Å². The summed E-state index contributed by atoms with van der Waals surface area (Å²) in [4.78, 5) is 10.7. The standard InChI is InChI=1S/C12H14O2/c1-3-11(12(13)14)8-10-6-4-9(2)5-7-10/h4-8H,3H2,1-2H3,(H,13,14)/b11-8-. The predicted molar refractivity (Wildman–Crippen MR) is 57.1 cm³/mol. The Kier molecular flexibility index (Phi) is 3.46. The van der Waals surface area contributed by atoms with E-state index in [-0.39, 0.29) is 0 Å². The van der Waals surface area contributed by atoms with Gasteiger partial charge >= 0.3 is 5.97 Å². The Morgan fingerprint density at radius 2 is 1.93 bits per heavy atom. The van der Waals surface area contributed by atoms with Crippen LogP contribution in [0.4, 0.5) is 0 Å². The van der Waals surface area contributed by atoms with Gasteiger partial charge in [-0.05, 0) is 25.0 Å². The Bertz CT molecular complexity index is 347. The van der Waals surface area contributed by atoms with Crippen LogP contribution in [0, 0.1) is 6.92 Å². The highest BCUT2D eigenvalue weighted by Crippen LogP contribution is 2.10. The largest absolute Gasteiger partial charge is 0.478 e. The Balaban J connectivity index is 2.95. The van der Waals surface area contributed by atoms with Gasteiger partial charge in [-0.25, -0.2) is 4.79 Å². The van der Waals surface area contributed by atoms with Crippen molar-refractivity contribution < 1.29 is 9.90 Å². The van der Waals surface area contributed by atoms with E-state index in [1.165, 1.54) is 5.56 Å². The molecule has 0 atom stereocenters. The lowest BCUT2D eigenvalue weighted by molar-refractivity contribution is -0.132. The summed E-state index contributed by atoms with van der Waals surface area (Å²) in [6.45, 7) is 3.85. The number of carboxylic acids is 1.